The molecule has 0 radical (unpaired) electrons. The largest absolute Gasteiger partial charge is 0.381 e. The zero-order chi connectivity index (χ0) is 11.7. The normalized spacial score (nSPS) is 21.2. The molecule has 0 saturated carbocycles. The molecule has 2 aliphatic rings. The van der Waals surface area contributed by atoms with Gasteiger partial charge in [-0.3, -0.25) is 0 Å². The molecule has 0 unspecified atom stereocenters. The van der Waals surface area contributed by atoms with E-state index in [1.54, 1.807) is 0 Å². The lowest BCUT2D eigenvalue weighted by Gasteiger charge is -2.27. The van der Waals surface area contributed by atoms with Crippen LogP contribution in [0, 0.1) is 6.92 Å². The molecule has 4 heteroatoms. The molecule has 1 aromatic heterocycles. The highest BCUT2D eigenvalue weighted by Gasteiger charge is 2.24. The van der Waals surface area contributed by atoms with Crippen molar-refractivity contribution < 1.29 is 4.74 Å². The molecule has 3 heterocycles. The number of hydrogen-bond acceptors (Lipinski definition) is 4. The number of fused-ring (bicyclic) bond motifs is 1. The van der Waals surface area contributed by atoms with Gasteiger partial charge in [0.25, 0.3) is 0 Å². The molecule has 1 fully saturated rings. The van der Waals surface area contributed by atoms with Crippen LogP contribution in [0.5, 0.6) is 0 Å². The summed E-state index contributed by atoms with van der Waals surface area (Å²) >= 11 is 0. The summed E-state index contributed by atoms with van der Waals surface area (Å²) in [4.78, 5) is 9.28. The van der Waals surface area contributed by atoms with E-state index in [-0.39, 0.29) is 0 Å². The molecular weight excluding hydrogens is 214 g/mol. The van der Waals surface area contributed by atoms with Crippen LogP contribution >= 0.6 is 0 Å². The minimum absolute atomic E-state index is 0.581. The molecule has 1 N–H and O–H groups in total. The SMILES string of the molecule is Cc1nc2c(c(C3CCOCC3)n1)CCNC2. The van der Waals surface area contributed by atoms with E-state index in [4.69, 9.17) is 9.72 Å². The van der Waals surface area contributed by atoms with Gasteiger partial charge in [-0.1, -0.05) is 0 Å². The van der Waals surface area contributed by atoms with Crippen LogP contribution in [0.4, 0.5) is 0 Å². The molecule has 17 heavy (non-hydrogen) atoms. The minimum atomic E-state index is 0.581. The van der Waals surface area contributed by atoms with Crippen molar-refractivity contribution in [3.05, 3.63) is 22.8 Å². The lowest BCUT2D eigenvalue weighted by molar-refractivity contribution is 0.0842. The second-order valence-electron chi connectivity index (χ2n) is 4.89. The summed E-state index contributed by atoms with van der Waals surface area (Å²) in [7, 11) is 0. The fourth-order valence-electron chi connectivity index (χ4n) is 2.82. The van der Waals surface area contributed by atoms with Gasteiger partial charge in [0.2, 0.25) is 0 Å². The third kappa shape index (κ3) is 2.19. The van der Waals surface area contributed by atoms with Crippen LogP contribution in [-0.4, -0.2) is 29.7 Å². The molecule has 2 aliphatic heterocycles. The number of nitrogens with one attached hydrogen (secondary N) is 1. The van der Waals surface area contributed by atoms with E-state index in [9.17, 15) is 0 Å². The quantitative estimate of drug-likeness (QED) is 0.795. The fourth-order valence-corrected chi connectivity index (χ4v) is 2.82. The first kappa shape index (κ1) is 11.1. The van der Waals surface area contributed by atoms with E-state index in [0.717, 1.165) is 51.4 Å². The Morgan fingerprint density at radius 2 is 2.06 bits per heavy atom. The summed E-state index contributed by atoms with van der Waals surface area (Å²) in [6.07, 6.45) is 3.29. The summed E-state index contributed by atoms with van der Waals surface area (Å²) in [6.45, 7) is 5.70. The lowest BCUT2D eigenvalue weighted by atomic mass is 9.90. The predicted octanol–water partition coefficient (Wildman–Crippen LogP) is 1.32. The van der Waals surface area contributed by atoms with Gasteiger partial charge in [-0.2, -0.15) is 0 Å². The van der Waals surface area contributed by atoms with Crippen molar-refractivity contribution in [1.29, 1.82) is 0 Å². The molecule has 0 bridgehead atoms. The molecule has 0 amide bonds. The van der Waals surface area contributed by atoms with Crippen molar-refractivity contribution in [3.8, 4) is 0 Å². The standard InChI is InChI=1S/C13H19N3O/c1-9-15-12-8-14-5-2-11(12)13(16-9)10-3-6-17-7-4-10/h10,14H,2-8H2,1H3. The summed E-state index contributed by atoms with van der Waals surface area (Å²) in [5, 5.41) is 3.38. The Bertz CT molecular complexity index is 413. The molecule has 1 aromatic rings. The minimum Gasteiger partial charge on any atom is -0.381 e. The smallest absolute Gasteiger partial charge is 0.125 e. The second kappa shape index (κ2) is 4.70. The Labute approximate surface area is 102 Å². The Hall–Kier alpha value is -1.00. The van der Waals surface area contributed by atoms with Gasteiger partial charge in [-0.15, -0.1) is 0 Å². The van der Waals surface area contributed by atoms with Crippen LogP contribution in [0.15, 0.2) is 0 Å². The first-order valence-corrected chi connectivity index (χ1v) is 6.49. The van der Waals surface area contributed by atoms with Crippen molar-refractivity contribution in [1.82, 2.24) is 15.3 Å². The molecule has 0 atom stereocenters. The van der Waals surface area contributed by atoms with E-state index in [1.807, 2.05) is 6.92 Å². The number of hydrogen-bond donors (Lipinski definition) is 1. The summed E-state index contributed by atoms with van der Waals surface area (Å²) in [5.74, 6) is 1.49. The highest BCUT2D eigenvalue weighted by molar-refractivity contribution is 5.31. The summed E-state index contributed by atoms with van der Waals surface area (Å²) < 4.78 is 5.44. The number of rotatable bonds is 1. The third-order valence-corrected chi connectivity index (χ3v) is 3.69. The monoisotopic (exact) mass is 233 g/mol. The maximum atomic E-state index is 5.44. The highest BCUT2D eigenvalue weighted by Crippen LogP contribution is 2.30. The van der Waals surface area contributed by atoms with E-state index in [2.05, 4.69) is 10.3 Å². The van der Waals surface area contributed by atoms with Crippen molar-refractivity contribution in [2.75, 3.05) is 19.8 Å². The van der Waals surface area contributed by atoms with Crippen molar-refractivity contribution in [3.63, 3.8) is 0 Å². The highest BCUT2D eigenvalue weighted by atomic mass is 16.5. The molecule has 0 spiro atoms. The van der Waals surface area contributed by atoms with Crippen molar-refractivity contribution in [2.45, 2.75) is 38.6 Å². The topological polar surface area (TPSA) is 47.0 Å². The van der Waals surface area contributed by atoms with E-state index in [0.29, 0.717) is 5.92 Å². The molecule has 1 saturated heterocycles. The summed E-state index contributed by atoms with van der Waals surface area (Å²) in [5.41, 5.74) is 3.92. The maximum Gasteiger partial charge on any atom is 0.125 e. The van der Waals surface area contributed by atoms with E-state index < -0.39 is 0 Å². The number of ether oxygens (including phenoxy) is 1. The molecule has 4 nitrogen and oxygen atoms in total. The third-order valence-electron chi connectivity index (χ3n) is 3.69. The zero-order valence-electron chi connectivity index (χ0n) is 10.3. The van der Waals surface area contributed by atoms with Crippen LogP contribution in [0.25, 0.3) is 0 Å². The molecular formula is C13H19N3O. The maximum absolute atomic E-state index is 5.44. The summed E-state index contributed by atoms with van der Waals surface area (Å²) in [6, 6.07) is 0. The first-order valence-electron chi connectivity index (χ1n) is 6.49. The Morgan fingerprint density at radius 3 is 2.88 bits per heavy atom. The predicted molar refractivity (Wildman–Crippen MR) is 65.0 cm³/mol. The van der Waals surface area contributed by atoms with Gasteiger partial charge in [0.15, 0.2) is 0 Å². The number of aryl methyl sites for hydroxylation is 1. The lowest BCUT2D eigenvalue weighted by Crippen LogP contribution is -2.28. The van der Waals surface area contributed by atoms with Crippen LogP contribution in [0.1, 0.15) is 41.5 Å². The van der Waals surface area contributed by atoms with Crippen LogP contribution in [0.3, 0.4) is 0 Å². The molecule has 3 rings (SSSR count). The molecule has 0 aliphatic carbocycles. The van der Waals surface area contributed by atoms with Gasteiger partial charge in [0, 0.05) is 25.7 Å². The van der Waals surface area contributed by atoms with Crippen molar-refractivity contribution >= 4 is 0 Å². The van der Waals surface area contributed by atoms with Crippen molar-refractivity contribution in [2.24, 2.45) is 0 Å². The van der Waals surface area contributed by atoms with Gasteiger partial charge in [0.1, 0.15) is 5.82 Å². The van der Waals surface area contributed by atoms with Crippen LogP contribution in [0.2, 0.25) is 0 Å². The number of aromatic nitrogens is 2. The average Bonchev–Trinajstić information content (AvgIpc) is 2.39. The van der Waals surface area contributed by atoms with Gasteiger partial charge in [0.05, 0.1) is 11.4 Å². The Morgan fingerprint density at radius 1 is 1.24 bits per heavy atom. The second-order valence-corrected chi connectivity index (χ2v) is 4.89. The van der Waals surface area contributed by atoms with Crippen LogP contribution in [-0.2, 0) is 17.7 Å². The molecule has 0 aromatic carbocycles. The average molecular weight is 233 g/mol. The van der Waals surface area contributed by atoms with Gasteiger partial charge in [-0.05, 0) is 38.3 Å². The van der Waals surface area contributed by atoms with E-state index in [1.165, 1.54) is 17.0 Å². The Balaban J connectivity index is 1.98. The Kier molecular flexibility index (Phi) is 3.07. The molecule has 92 valence electrons. The van der Waals surface area contributed by atoms with Crippen LogP contribution < -0.4 is 5.32 Å². The van der Waals surface area contributed by atoms with Gasteiger partial charge in [-0.25, -0.2) is 9.97 Å². The van der Waals surface area contributed by atoms with Gasteiger partial charge < -0.3 is 10.1 Å². The number of nitrogens with zero attached hydrogens (tertiary/aromatic N) is 2. The van der Waals surface area contributed by atoms with E-state index >= 15 is 0 Å². The fraction of sp³-hybridized carbons (Fsp3) is 0.692. The van der Waals surface area contributed by atoms with Gasteiger partial charge >= 0.3 is 0 Å². The first-order chi connectivity index (χ1) is 8.34. The zero-order valence-corrected chi connectivity index (χ0v) is 10.3.